The number of nitrogens with one attached hydrogen (secondary N) is 1. The van der Waals surface area contributed by atoms with E-state index < -0.39 is 0 Å². The van der Waals surface area contributed by atoms with Crippen molar-refractivity contribution in [3.8, 4) is 5.75 Å². The number of halogens is 2. The molecule has 0 saturated carbocycles. The molecule has 0 radical (unpaired) electrons. The van der Waals surface area contributed by atoms with E-state index in [4.69, 9.17) is 16.3 Å². The maximum absolute atomic E-state index is 5.91. The standard InChI is InChI=1S/C16H17BrClNO/c1-12-3-2-4-15(9-12)20-8-7-19-11-13-5-6-14(18)10-16(13)17/h2-6,9-10,19H,7-8,11H2,1H3. The molecule has 0 aliphatic carbocycles. The molecule has 0 fully saturated rings. The Morgan fingerprint density at radius 1 is 1.20 bits per heavy atom. The van der Waals surface area contributed by atoms with E-state index in [0.717, 1.165) is 28.3 Å². The third kappa shape index (κ3) is 4.82. The predicted molar refractivity (Wildman–Crippen MR) is 87.5 cm³/mol. The van der Waals surface area contributed by atoms with E-state index in [1.807, 2.05) is 36.4 Å². The summed E-state index contributed by atoms with van der Waals surface area (Å²) in [5, 5.41) is 4.09. The average Bonchev–Trinajstić information content (AvgIpc) is 2.41. The first-order valence-corrected chi connectivity index (χ1v) is 7.66. The molecule has 0 heterocycles. The molecule has 0 atom stereocenters. The van der Waals surface area contributed by atoms with Crippen molar-refractivity contribution in [2.24, 2.45) is 0 Å². The summed E-state index contributed by atoms with van der Waals surface area (Å²) in [6.07, 6.45) is 0. The summed E-state index contributed by atoms with van der Waals surface area (Å²) in [4.78, 5) is 0. The monoisotopic (exact) mass is 353 g/mol. The van der Waals surface area contributed by atoms with Gasteiger partial charge in [0.05, 0.1) is 0 Å². The second-order valence-corrected chi connectivity index (χ2v) is 5.87. The van der Waals surface area contributed by atoms with Gasteiger partial charge in [-0.25, -0.2) is 0 Å². The normalized spacial score (nSPS) is 10.6. The van der Waals surface area contributed by atoms with Crippen molar-refractivity contribution in [1.29, 1.82) is 0 Å². The molecule has 20 heavy (non-hydrogen) atoms. The molecule has 0 aromatic heterocycles. The maximum Gasteiger partial charge on any atom is 0.119 e. The molecule has 106 valence electrons. The highest BCUT2D eigenvalue weighted by Crippen LogP contribution is 2.21. The smallest absolute Gasteiger partial charge is 0.119 e. The number of hydrogen-bond acceptors (Lipinski definition) is 2. The molecule has 0 aliphatic heterocycles. The molecule has 0 spiro atoms. The molecule has 0 unspecified atom stereocenters. The third-order valence-electron chi connectivity index (χ3n) is 2.87. The number of rotatable bonds is 6. The van der Waals surface area contributed by atoms with E-state index in [9.17, 15) is 0 Å². The molecule has 2 nitrogen and oxygen atoms in total. The molecule has 2 rings (SSSR count). The molecular formula is C16H17BrClNO. The second-order valence-electron chi connectivity index (χ2n) is 4.58. The molecule has 0 amide bonds. The average molecular weight is 355 g/mol. The predicted octanol–water partition coefficient (Wildman–Crippen LogP) is 4.58. The van der Waals surface area contributed by atoms with Gasteiger partial charge in [-0.05, 0) is 42.3 Å². The van der Waals surface area contributed by atoms with E-state index in [-0.39, 0.29) is 0 Å². The van der Waals surface area contributed by atoms with Crippen LogP contribution in [0.2, 0.25) is 5.02 Å². The van der Waals surface area contributed by atoms with Crippen LogP contribution in [-0.4, -0.2) is 13.2 Å². The van der Waals surface area contributed by atoms with Gasteiger partial charge in [0.2, 0.25) is 0 Å². The van der Waals surface area contributed by atoms with Crippen molar-refractivity contribution < 1.29 is 4.74 Å². The van der Waals surface area contributed by atoms with Gasteiger partial charge in [-0.1, -0.05) is 45.7 Å². The maximum atomic E-state index is 5.91. The van der Waals surface area contributed by atoms with Gasteiger partial charge >= 0.3 is 0 Å². The third-order valence-corrected chi connectivity index (χ3v) is 3.84. The largest absolute Gasteiger partial charge is 0.492 e. The van der Waals surface area contributed by atoms with Crippen LogP contribution >= 0.6 is 27.5 Å². The molecule has 4 heteroatoms. The van der Waals surface area contributed by atoms with E-state index in [0.29, 0.717) is 6.61 Å². The molecule has 0 bridgehead atoms. The van der Waals surface area contributed by atoms with E-state index in [2.05, 4.69) is 34.2 Å². The van der Waals surface area contributed by atoms with Crippen LogP contribution in [0.5, 0.6) is 5.75 Å². The molecule has 0 aliphatic rings. The van der Waals surface area contributed by atoms with Gasteiger partial charge in [0.15, 0.2) is 0 Å². The highest BCUT2D eigenvalue weighted by atomic mass is 79.9. The Kier molecular flexibility index (Phi) is 5.89. The number of aryl methyl sites for hydroxylation is 1. The number of benzene rings is 2. The highest BCUT2D eigenvalue weighted by Gasteiger charge is 2.00. The fourth-order valence-corrected chi connectivity index (χ4v) is 2.66. The minimum atomic E-state index is 0.647. The summed E-state index contributed by atoms with van der Waals surface area (Å²) < 4.78 is 6.70. The minimum Gasteiger partial charge on any atom is -0.492 e. The van der Waals surface area contributed by atoms with Gasteiger partial charge in [-0.2, -0.15) is 0 Å². The second kappa shape index (κ2) is 7.67. The van der Waals surface area contributed by atoms with E-state index in [1.165, 1.54) is 11.1 Å². The van der Waals surface area contributed by atoms with Gasteiger partial charge in [0.1, 0.15) is 12.4 Å². The van der Waals surface area contributed by atoms with Gasteiger partial charge < -0.3 is 10.1 Å². The van der Waals surface area contributed by atoms with E-state index >= 15 is 0 Å². The van der Waals surface area contributed by atoms with Crippen molar-refractivity contribution in [3.63, 3.8) is 0 Å². The van der Waals surface area contributed by atoms with Crippen molar-refractivity contribution in [2.75, 3.05) is 13.2 Å². The first-order valence-electron chi connectivity index (χ1n) is 6.49. The van der Waals surface area contributed by atoms with Crippen LogP contribution in [0.15, 0.2) is 46.9 Å². The first kappa shape index (κ1) is 15.4. The fraction of sp³-hybridized carbons (Fsp3) is 0.250. The van der Waals surface area contributed by atoms with E-state index in [1.54, 1.807) is 0 Å². The molecule has 2 aromatic carbocycles. The lowest BCUT2D eigenvalue weighted by molar-refractivity contribution is 0.313. The highest BCUT2D eigenvalue weighted by molar-refractivity contribution is 9.10. The quantitative estimate of drug-likeness (QED) is 0.767. The summed E-state index contributed by atoms with van der Waals surface area (Å²) in [6, 6.07) is 13.9. The first-order chi connectivity index (χ1) is 9.65. The fourth-order valence-electron chi connectivity index (χ4n) is 1.83. The van der Waals surface area contributed by atoms with Crippen LogP contribution in [0.25, 0.3) is 0 Å². The van der Waals surface area contributed by atoms with Crippen molar-refractivity contribution >= 4 is 27.5 Å². The van der Waals surface area contributed by atoms with Crippen molar-refractivity contribution in [3.05, 3.63) is 63.1 Å². The van der Waals surface area contributed by atoms with Crippen LogP contribution in [-0.2, 0) is 6.54 Å². The summed E-state index contributed by atoms with van der Waals surface area (Å²) in [5.41, 5.74) is 2.39. The van der Waals surface area contributed by atoms with Crippen molar-refractivity contribution in [2.45, 2.75) is 13.5 Å². The Labute approximate surface area is 133 Å². The zero-order valence-corrected chi connectivity index (χ0v) is 13.7. The van der Waals surface area contributed by atoms with Crippen LogP contribution in [0, 0.1) is 6.92 Å². The Morgan fingerprint density at radius 3 is 2.80 bits per heavy atom. The number of hydrogen-bond donors (Lipinski definition) is 1. The Morgan fingerprint density at radius 2 is 2.05 bits per heavy atom. The van der Waals surface area contributed by atoms with Gasteiger partial charge in [-0.3, -0.25) is 0 Å². The lowest BCUT2D eigenvalue weighted by Gasteiger charge is -2.09. The zero-order valence-electron chi connectivity index (χ0n) is 11.3. The van der Waals surface area contributed by atoms with Crippen LogP contribution in [0.1, 0.15) is 11.1 Å². The summed E-state index contributed by atoms with van der Waals surface area (Å²) in [6.45, 7) is 4.29. The lowest BCUT2D eigenvalue weighted by atomic mass is 10.2. The number of ether oxygens (including phenoxy) is 1. The molecular weight excluding hydrogens is 338 g/mol. The Hall–Kier alpha value is -1.03. The summed E-state index contributed by atoms with van der Waals surface area (Å²) in [7, 11) is 0. The Balaban J connectivity index is 1.71. The van der Waals surface area contributed by atoms with Gasteiger partial charge in [0, 0.05) is 22.6 Å². The molecule has 2 aromatic rings. The topological polar surface area (TPSA) is 21.3 Å². The van der Waals surface area contributed by atoms with Gasteiger partial charge in [0.25, 0.3) is 0 Å². The summed E-state index contributed by atoms with van der Waals surface area (Å²) in [5.74, 6) is 0.916. The SMILES string of the molecule is Cc1cccc(OCCNCc2ccc(Cl)cc2Br)c1. The zero-order chi connectivity index (χ0) is 14.4. The minimum absolute atomic E-state index is 0.647. The molecule has 0 saturated heterocycles. The van der Waals surface area contributed by atoms with Gasteiger partial charge in [-0.15, -0.1) is 0 Å². The molecule has 1 N–H and O–H groups in total. The summed E-state index contributed by atoms with van der Waals surface area (Å²) >= 11 is 9.42. The van der Waals surface area contributed by atoms with Crippen molar-refractivity contribution in [1.82, 2.24) is 5.32 Å². The Bertz CT molecular complexity index is 574. The van der Waals surface area contributed by atoms with Crippen LogP contribution in [0.3, 0.4) is 0 Å². The van der Waals surface area contributed by atoms with Crippen LogP contribution in [0.4, 0.5) is 0 Å². The lowest BCUT2D eigenvalue weighted by Crippen LogP contribution is -2.20. The van der Waals surface area contributed by atoms with Crippen LogP contribution < -0.4 is 10.1 Å².